The van der Waals surface area contributed by atoms with Gasteiger partial charge in [0.2, 0.25) is 5.95 Å². The van der Waals surface area contributed by atoms with Gasteiger partial charge in [-0.05, 0) is 56.5 Å². The van der Waals surface area contributed by atoms with Crippen LogP contribution in [0, 0.1) is 13.8 Å². The minimum Gasteiger partial charge on any atom is -0.339 e. The fraction of sp³-hybridized carbons (Fsp3) is 0.227. The van der Waals surface area contributed by atoms with E-state index in [4.69, 9.17) is 11.6 Å². The maximum Gasteiger partial charge on any atom is 0.229 e. The van der Waals surface area contributed by atoms with E-state index in [1.54, 1.807) is 0 Å². The zero-order chi connectivity index (χ0) is 19.7. The van der Waals surface area contributed by atoms with Crippen molar-refractivity contribution in [2.75, 3.05) is 10.6 Å². The first-order valence-electron chi connectivity index (χ1n) is 9.30. The van der Waals surface area contributed by atoms with E-state index in [2.05, 4.69) is 20.6 Å². The molecule has 142 valence electrons. The number of anilines is 4. The quantitative estimate of drug-likeness (QED) is 0.591. The maximum atomic E-state index is 12.6. The molecule has 0 aliphatic heterocycles. The summed E-state index contributed by atoms with van der Waals surface area (Å²) in [6, 6.07) is 13.7. The van der Waals surface area contributed by atoms with Crippen molar-refractivity contribution in [3.05, 3.63) is 69.9 Å². The van der Waals surface area contributed by atoms with Gasteiger partial charge in [-0.15, -0.1) is 0 Å². The first kappa shape index (κ1) is 18.4. The lowest BCUT2D eigenvalue weighted by Crippen LogP contribution is -2.17. The van der Waals surface area contributed by atoms with Gasteiger partial charge in [0.1, 0.15) is 5.82 Å². The summed E-state index contributed by atoms with van der Waals surface area (Å²) in [6.45, 7) is 3.99. The number of aryl methyl sites for hydroxylation is 3. The van der Waals surface area contributed by atoms with Gasteiger partial charge in [-0.3, -0.25) is 4.79 Å². The van der Waals surface area contributed by atoms with Gasteiger partial charge in [-0.25, -0.2) is 4.98 Å². The van der Waals surface area contributed by atoms with Crippen molar-refractivity contribution >= 4 is 40.5 Å². The number of hydrogen-bond acceptors (Lipinski definition) is 5. The van der Waals surface area contributed by atoms with Crippen LogP contribution in [0.2, 0.25) is 5.02 Å². The molecule has 0 atom stereocenters. The highest BCUT2D eigenvalue weighted by Gasteiger charge is 2.24. The number of aromatic nitrogens is 2. The van der Waals surface area contributed by atoms with Gasteiger partial charge in [-0.2, -0.15) is 4.98 Å². The number of carbonyl (C=O) groups is 1. The molecule has 0 bridgehead atoms. The van der Waals surface area contributed by atoms with E-state index in [9.17, 15) is 4.79 Å². The zero-order valence-corrected chi connectivity index (χ0v) is 16.6. The number of Topliss-reactive ketones (excluding diaryl/α,β-unsaturated/α-hetero) is 1. The molecule has 4 rings (SSSR count). The van der Waals surface area contributed by atoms with E-state index < -0.39 is 0 Å². The second-order valence-corrected chi connectivity index (χ2v) is 7.48. The molecular weight excluding hydrogens is 372 g/mol. The van der Waals surface area contributed by atoms with Crippen LogP contribution in [0.1, 0.15) is 40.0 Å². The van der Waals surface area contributed by atoms with E-state index in [1.165, 1.54) is 5.56 Å². The van der Waals surface area contributed by atoms with Crippen molar-refractivity contribution in [3.63, 3.8) is 0 Å². The monoisotopic (exact) mass is 392 g/mol. The summed E-state index contributed by atoms with van der Waals surface area (Å²) in [5.41, 5.74) is 5.22. The largest absolute Gasteiger partial charge is 0.339 e. The first-order chi connectivity index (χ1) is 13.5. The van der Waals surface area contributed by atoms with Crippen LogP contribution >= 0.6 is 11.6 Å². The van der Waals surface area contributed by atoms with E-state index in [1.807, 2.05) is 56.3 Å². The standard InChI is InChI=1S/C22H21ClN4O/c1-13-6-9-15(10-7-13)25-22-26-18-4-3-5-19(28)20(18)21(27-22)24-16-11-8-14(2)17(23)12-16/h6-12H,3-5H2,1-2H3,(H2,24,25,26,27). The summed E-state index contributed by atoms with van der Waals surface area (Å²) in [6.07, 6.45) is 2.09. The van der Waals surface area contributed by atoms with Crippen molar-refractivity contribution in [2.24, 2.45) is 0 Å². The maximum absolute atomic E-state index is 12.6. The average molecular weight is 393 g/mol. The number of ketones is 1. The van der Waals surface area contributed by atoms with Crippen LogP contribution in [0.5, 0.6) is 0 Å². The molecule has 0 saturated carbocycles. The molecule has 0 radical (unpaired) electrons. The number of carbonyl (C=O) groups excluding carboxylic acids is 1. The Labute approximate surface area is 169 Å². The predicted molar refractivity (Wildman–Crippen MR) is 113 cm³/mol. The highest BCUT2D eigenvalue weighted by atomic mass is 35.5. The average Bonchev–Trinajstić information content (AvgIpc) is 2.66. The summed E-state index contributed by atoms with van der Waals surface area (Å²) in [5, 5.41) is 7.18. The molecule has 1 aliphatic carbocycles. The molecule has 5 nitrogen and oxygen atoms in total. The van der Waals surface area contributed by atoms with Crippen molar-refractivity contribution in [1.29, 1.82) is 0 Å². The molecule has 0 spiro atoms. The predicted octanol–water partition coefficient (Wildman–Crippen LogP) is 5.75. The van der Waals surface area contributed by atoms with Gasteiger partial charge in [0.05, 0.1) is 11.3 Å². The topological polar surface area (TPSA) is 66.9 Å². The van der Waals surface area contributed by atoms with E-state index in [0.717, 1.165) is 35.5 Å². The van der Waals surface area contributed by atoms with Gasteiger partial charge in [0, 0.05) is 22.8 Å². The molecule has 6 heteroatoms. The Morgan fingerprint density at radius 2 is 1.68 bits per heavy atom. The molecule has 1 heterocycles. The highest BCUT2D eigenvalue weighted by molar-refractivity contribution is 6.31. The fourth-order valence-electron chi connectivity index (χ4n) is 3.24. The van der Waals surface area contributed by atoms with Gasteiger partial charge >= 0.3 is 0 Å². The van der Waals surface area contributed by atoms with Crippen LogP contribution in [0.15, 0.2) is 42.5 Å². The number of hydrogen-bond donors (Lipinski definition) is 2. The molecule has 28 heavy (non-hydrogen) atoms. The molecule has 3 aromatic rings. The fourth-order valence-corrected chi connectivity index (χ4v) is 3.42. The third-order valence-electron chi connectivity index (χ3n) is 4.82. The van der Waals surface area contributed by atoms with Crippen molar-refractivity contribution in [3.8, 4) is 0 Å². The summed E-state index contributed by atoms with van der Waals surface area (Å²) >= 11 is 6.25. The molecular formula is C22H21ClN4O. The first-order valence-corrected chi connectivity index (χ1v) is 9.68. The number of nitrogens with zero attached hydrogens (tertiary/aromatic N) is 2. The van der Waals surface area contributed by atoms with Crippen LogP contribution in [0.4, 0.5) is 23.1 Å². The Kier molecular flexibility index (Phi) is 5.01. The second-order valence-electron chi connectivity index (χ2n) is 7.07. The summed E-state index contributed by atoms with van der Waals surface area (Å²) in [7, 11) is 0. The van der Waals surface area contributed by atoms with Crippen molar-refractivity contribution < 1.29 is 4.79 Å². The smallest absolute Gasteiger partial charge is 0.229 e. The normalized spacial score (nSPS) is 13.2. The molecule has 0 amide bonds. The summed E-state index contributed by atoms with van der Waals surface area (Å²) in [5.74, 6) is 1.06. The Hall–Kier alpha value is -2.92. The Morgan fingerprint density at radius 1 is 0.929 bits per heavy atom. The van der Waals surface area contributed by atoms with Crippen LogP contribution in [-0.2, 0) is 6.42 Å². The summed E-state index contributed by atoms with van der Waals surface area (Å²) < 4.78 is 0. The van der Waals surface area contributed by atoms with E-state index in [-0.39, 0.29) is 5.78 Å². The lowest BCUT2D eigenvalue weighted by atomic mass is 9.95. The van der Waals surface area contributed by atoms with Crippen LogP contribution in [0.3, 0.4) is 0 Å². The van der Waals surface area contributed by atoms with Crippen molar-refractivity contribution in [2.45, 2.75) is 33.1 Å². The minimum atomic E-state index is 0.0730. The minimum absolute atomic E-state index is 0.0730. The lowest BCUT2D eigenvalue weighted by molar-refractivity contribution is 0.0972. The molecule has 0 saturated heterocycles. The molecule has 1 aliphatic rings. The van der Waals surface area contributed by atoms with Gasteiger partial charge < -0.3 is 10.6 Å². The third-order valence-corrected chi connectivity index (χ3v) is 5.23. The molecule has 0 unspecified atom stereocenters. The second kappa shape index (κ2) is 7.60. The summed E-state index contributed by atoms with van der Waals surface area (Å²) in [4.78, 5) is 21.8. The number of benzene rings is 2. The van der Waals surface area contributed by atoms with Gasteiger partial charge in [0.25, 0.3) is 0 Å². The number of rotatable bonds is 4. The van der Waals surface area contributed by atoms with E-state index >= 15 is 0 Å². The highest BCUT2D eigenvalue weighted by Crippen LogP contribution is 2.31. The van der Waals surface area contributed by atoms with Crippen LogP contribution in [0.25, 0.3) is 0 Å². The van der Waals surface area contributed by atoms with Crippen molar-refractivity contribution in [1.82, 2.24) is 9.97 Å². The van der Waals surface area contributed by atoms with Gasteiger partial charge in [-0.1, -0.05) is 35.4 Å². The molecule has 2 N–H and O–H groups in total. The molecule has 0 fully saturated rings. The Bertz CT molecular complexity index is 1050. The Balaban J connectivity index is 1.73. The van der Waals surface area contributed by atoms with Crippen LogP contribution < -0.4 is 10.6 Å². The SMILES string of the molecule is Cc1ccc(Nc2nc3c(c(Nc4ccc(C)c(Cl)c4)n2)C(=O)CCC3)cc1. The molecule has 1 aromatic heterocycles. The van der Waals surface area contributed by atoms with Crippen LogP contribution in [-0.4, -0.2) is 15.8 Å². The molecule has 2 aromatic carbocycles. The van der Waals surface area contributed by atoms with Gasteiger partial charge in [0.15, 0.2) is 5.78 Å². The number of halogens is 1. The third kappa shape index (κ3) is 3.85. The number of fused-ring (bicyclic) bond motifs is 1. The van der Waals surface area contributed by atoms with E-state index in [0.29, 0.717) is 28.8 Å². The Morgan fingerprint density at radius 3 is 2.43 bits per heavy atom. The number of nitrogens with one attached hydrogen (secondary N) is 2. The lowest BCUT2D eigenvalue weighted by Gasteiger charge is -2.19. The zero-order valence-electron chi connectivity index (χ0n) is 15.8.